The molecule has 2 rings (SSSR count). The Hall–Kier alpha value is -1.99. The number of benzene rings is 1. The zero-order valence-corrected chi connectivity index (χ0v) is 12.2. The van der Waals surface area contributed by atoms with Crippen LogP contribution in [0.3, 0.4) is 0 Å². The lowest BCUT2D eigenvalue weighted by Gasteiger charge is -2.12. The number of hydrogen-bond acceptors (Lipinski definition) is 4. The summed E-state index contributed by atoms with van der Waals surface area (Å²) >= 11 is 0. The highest BCUT2D eigenvalue weighted by Crippen LogP contribution is 2.19. The average molecular weight is 311 g/mol. The van der Waals surface area contributed by atoms with Crippen molar-refractivity contribution < 1.29 is 18.6 Å². The van der Waals surface area contributed by atoms with E-state index in [9.17, 15) is 13.9 Å². The quantitative estimate of drug-likeness (QED) is 0.785. The van der Waals surface area contributed by atoms with Crippen molar-refractivity contribution in [3.63, 3.8) is 0 Å². The van der Waals surface area contributed by atoms with Crippen molar-refractivity contribution in [3.05, 3.63) is 47.8 Å². The molecule has 0 bridgehead atoms. The van der Waals surface area contributed by atoms with Gasteiger partial charge in [0.25, 0.3) is 0 Å². The highest BCUT2D eigenvalue weighted by molar-refractivity contribution is 5.28. The van der Waals surface area contributed by atoms with E-state index in [2.05, 4.69) is 15.2 Å². The molecule has 0 aliphatic heterocycles. The first-order chi connectivity index (χ1) is 10.6. The first-order valence-corrected chi connectivity index (χ1v) is 7.03. The van der Waals surface area contributed by atoms with Crippen molar-refractivity contribution in [2.75, 3.05) is 6.54 Å². The summed E-state index contributed by atoms with van der Waals surface area (Å²) in [5, 5.41) is 17.3. The fourth-order valence-electron chi connectivity index (χ4n) is 2.01. The van der Waals surface area contributed by atoms with Crippen molar-refractivity contribution >= 4 is 0 Å². The number of hydrogen-bond donors (Lipinski definition) is 2. The Morgan fingerprint density at radius 3 is 2.64 bits per heavy atom. The molecule has 0 fully saturated rings. The van der Waals surface area contributed by atoms with E-state index >= 15 is 0 Å². The minimum Gasteiger partial charge on any atom is -0.435 e. The molecule has 5 nitrogen and oxygen atoms in total. The van der Waals surface area contributed by atoms with Gasteiger partial charge >= 0.3 is 6.61 Å². The second-order valence-electron chi connectivity index (χ2n) is 4.80. The molecule has 0 aliphatic carbocycles. The number of halogens is 2. The first-order valence-electron chi connectivity index (χ1n) is 7.03. The SMILES string of the molecule is CCn1cc(CNCC(O)c2ccc(OC(F)F)cc2)cn1. The predicted molar refractivity (Wildman–Crippen MR) is 77.6 cm³/mol. The van der Waals surface area contributed by atoms with Gasteiger partial charge in [0.05, 0.1) is 12.3 Å². The number of ether oxygens (including phenoxy) is 1. The molecule has 0 saturated heterocycles. The van der Waals surface area contributed by atoms with Crippen LogP contribution in [0.25, 0.3) is 0 Å². The molecule has 0 amide bonds. The lowest BCUT2D eigenvalue weighted by atomic mass is 10.1. The Morgan fingerprint density at radius 2 is 2.05 bits per heavy atom. The molecule has 0 aliphatic rings. The minimum absolute atomic E-state index is 0.0749. The van der Waals surface area contributed by atoms with Crippen LogP contribution in [-0.2, 0) is 13.1 Å². The molecule has 1 aromatic heterocycles. The molecule has 1 heterocycles. The van der Waals surface area contributed by atoms with Crippen molar-refractivity contribution in [3.8, 4) is 5.75 Å². The summed E-state index contributed by atoms with van der Waals surface area (Å²) in [6.07, 6.45) is 3.00. The van der Waals surface area contributed by atoms with E-state index in [1.807, 2.05) is 17.8 Å². The fourth-order valence-corrected chi connectivity index (χ4v) is 2.01. The molecular formula is C15H19F2N3O2. The number of aryl methyl sites for hydroxylation is 1. The molecule has 0 saturated carbocycles. The van der Waals surface area contributed by atoms with Crippen LogP contribution < -0.4 is 10.1 Å². The monoisotopic (exact) mass is 311 g/mol. The van der Waals surface area contributed by atoms with Gasteiger partial charge in [0.2, 0.25) is 0 Å². The van der Waals surface area contributed by atoms with Gasteiger partial charge in [-0.05, 0) is 24.6 Å². The number of nitrogens with zero attached hydrogens (tertiary/aromatic N) is 2. The maximum Gasteiger partial charge on any atom is 0.387 e. The molecule has 7 heteroatoms. The maximum absolute atomic E-state index is 12.0. The lowest BCUT2D eigenvalue weighted by molar-refractivity contribution is -0.0498. The van der Waals surface area contributed by atoms with Crippen LogP contribution in [0.5, 0.6) is 5.75 Å². The summed E-state index contributed by atoms with van der Waals surface area (Å²) in [5.41, 5.74) is 1.67. The van der Waals surface area contributed by atoms with Crippen LogP contribution in [-0.4, -0.2) is 28.0 Å². The third kappa shape index (κ3) is 4.78. The summed E-state index contributed by atoms with van der Waals surface area (Å²) in [7, 11) is 0. The zero-order valence-electron chi connectivity index (χ0n) is 12.2. The molecule has 22 heavy (non-hydrogen) atoms. The van der Waals surface area contributed by atoms with Crippen LogP contribution in [0.4, 0.5) is 8.78 Å². The van der Waals surface area contributed by atoms with Crippen LogP contribution in [0, 0.1) is 0 Å². The third-order valence-corrected chi connectivity index (χ3v) is 3.17. The molecule has 120 valence electrons. The lowest BCUT2D eigenvalue weighted by Crippen LogP contribution is -2.20. The van der Waals surface area contributed by atoms with Gasteiger partial charge in [0.15, 0.2) is 0 Å². The summed E-state index contributed by atoms with van der Waals surface area (Å²) in [4.78, 5) is 0. The van der Waals surface area contributed by atoms with Crippen molar-refractivity contribution in [2.45, 2.75) is 32.7 Å². The molecule has 2 aromatic rings. The molecule has 1 unspecified atom stereocenters. The molecule has 1 atom stereocenters. The van der Waals surface area contributed by atoms with Crippen LogP contribution in [0.1, 0.15) is 24.2 Å². The smallest absolute Gasteiger partial charge is 0.387 e. The Labute approximate surface area is 127 Å². The minimum atomic E-state index is -2.85. The number of alkyl halides is 2. The van der Waals surface area contributed by atoms with E-state index in [4.69, 9.17) is 0 Å². The average Bonchev–Trinajstić information content (AvgIpc) is 2.95. The number of nitrogens with one attached hydrogen (secondary N) is 1. The number of rotatable bonds is 8. The van der Waals surface area contributed by atoms with E-state index < -0.39 is 12.7 Å². The molecule has 2 N–H and O–H groups in total. The van der Waals surface area contributed by atoms with E-state index in [0.717, 1.165) is 12.1 Å². The summed E-state index contributed by atoms with van der Waals surface area (Å²) in [6.45, 7) is 0.933. The van der Waals surface area contributed by atoms with Crippen LogP contribution >= 0.6 is 0 Å². The standard InChI is InChI=1S/C15H19F2N3O2/c1-2-20-10-11(8-19-20)7-18-9-14(21)12-3-5-13(6-4-12)22-15(16)17/h3-6,8,10,14-15,18,21H,2,7,9H2,1H3. The van der Waals surface area contributed by atoms with E-state index in [-0.39, 0.29) is 5.75 Å². The fraction of sp³-hybridized carbons (Fsp3) is 0.400. The number of aliphatic hydroxyl groups excluding tert-OH is 1. The molecular weight excluding hydrogens is 292 g/mol. The zero-order chi connectivity index (χ0) is 15.9. The van der Waals surface area contributed by atoms with Crippen LogP contribution in [0.15, 0.2) is 36.7 Å². The van der Waals surface area contributed by atoms with Gasteiger partial charge < -0.3 is 15.2 Å². The normalized spacial score (nSPS) is 12.6. The molecule has 1 aromatic carbocycles. The van der Waals surface area contributed by atoms with Gasteiger partial charge in [0.1, 0.15) is 5.75 Å². The van der Waals surface area contributed by atoms with Crippen molar-refractivity contribution in [1.29, 1.82) is 0 Å². The molecule has 0 radical (unpaired) electrons. The predicted octanol–water partition coefficient (Wildman–Crippen LogP) is 2.33. The second-order valence-corrected chi connectivity index (χ2v) is 4.80. The third-order valence-electron chi connectivity index (χ3n) is 3.17. The summed E-state index contributed by atoms with van der Waals surface area (Å²) in [6, 6.07) is 5.96. The van der Waals surface area contributed by atoms with Gasteiger partial charge in [-0.25, -0.2) is 0 Å². The first kappa shape index (κ1) is 16.4. The Kier molecular flexibility index (Phi) is 5.85. The molecule has 0 spiro atoms. The van der Waals surface area contributed by atoms with E-state index in [0.29, 0.717) is 18.7 Å². The highest BCUT2D eigenvalue weighted by atomic mass is 19.3. The van der Waals surface area contributed by atoms with Gasteiger partial charge in [-0.3, -0.25) is 4.68 Å². The largest absolute Gasteiger partial charge is 0.435 e. The summed E-state index contributed by atoms with van der Waals surface area (Å²) < 4.78 is 30.2. The van der Waals surface area contributed by atoms with E-state index in [1.165, 1.54) is 12.1 Å². The van der Waals surface area contributed by atoms with Gasteiger partial charge in [-0.1, -0.05) is 12.1 Å². The van der Waals surface area contributed by atoms with Crippen molar-refractivity contribution in [2.24, 2.45) is 0 Å². The highest BCUT2D eigenvalue weighted by Gasteiger charge is 2.09. The Balaban J connectivity index is 1.80. The topological polar surface area (TPSA) is 59.3 Å². The maximum atomic E-state index is 12.0. The van der Waals surface area contributed by atoms with Gasteiger partial charge in [0, 0.05) is 31.4 Å². The number of aliphatic hydroxyl groups is 1. The second kappa shape index (κ2) is 7.86. The van der Waals surface area contributed by atoms with Crippen molar-refractivity contribution in [1.82, 2.24) is 15.1 Å². The van der Waals surface area contributed by atoms with Gasteiger partial charge in [-0.2, -0.15) is 13.9 Å². The van der Waals surface area contributed by atoms with Gasteiger partial charge in [-0.15, -0.1) is 0 Å². The summed E-state index contributed by atoms with van der Waals surface area (Å²) in [5.74, 6) is 0.0749. The number of aromatic nitrogens is 2. The Morgan fingerprint density at radius 1 is 1.32 bits per heavy atom. The van der Waals surface area contributed by atoms with E-state index in [1.54, 1.807) is 18.3 Å². The Bertz CT molecular complexity index is 572. The van der Waals surface area contributed by atoms with Crippen LogP contribution in [0.2, 0.25) is 0 Å².